The summed E-state index contributed by atoms with van der Waals surface area (Å²) >= 11 is 5.42. The first-order valence-electron chi connectivity index (χ1n) is 4.16. The molecule has 0 saturated heterocycles. The number of alkyl halides is 3. The van der Waals surface area contributed by atoms with Gasteiger partial charge >= 0.3 is 5.97 Å². The summed E-state index contributed by atoms with van der Waals surface area (Å²) in [5.41, 5.74) is -1.44. The molecule has 88 valence electrons. The minimum absolute atomic E-state index is 0.158. The summed E-state index contributed by atoms with van der Waals surface area (Å²) < 4.78 is 30.1. The van der Waals surface area contributed by atoms with Gasteiger partial charge in [0.1, 0.15) is 5.56 Å². The molecule has 0 aromatic carbocycles. The fraction of sp³-hybridized carbons (Fsp3) is 0.333. The second-order valence-corrected chi connectivity index (χ2v) is 3.07. The minimum Gasteiger partial charge on any atom is -0.494 e. The van der Waals surface area contributed by atoms with Crippen molar-refractivity contribution in [3.05, 3.63) is 23.0 Å². The molecule has 1 heterocycles. The summed E-state index contributed by atoms with van der Waals surface area (Å²) in [4.78, 5) is 14.5. The van der Waals surface area contributed by atoms with E-state index in [9.17, 15) is 13.6 Å². The summed E-state index contributed by atoms with van der Waals surface area (Å²) in [6.07, 6.45) is -1.91. The van der Waals surface area contributed by atoms with Gasteiger partial charge in [0.25, 0.3) is 6.43 Å². The molecule has 0 bridgehead atoms. The SMILES string of the molecule is COc1cnc(CCl)c(C(F)F)c1C(=O)O. The number of carbonyl (C=O) groups is 1. The molecule has 0 atom stereocenters. The summed E-state index contributed by atoms with van der Waals surface area (Å²) in [6.45, 7) is 0. The predicted octanol–water partition coefficient (Wildman–Crippen LogP) is 2.46. The van der Waals surface area contributed by atoms with Crippen LogP contribution in [0.15, 0.2) is 6.20 Å². The molecule has 0 unspecified atom stereocenters. The zero-order valence-corrected chi connectivity index (χ0v) is 8.96. The van der Waals surface area contributed by atoms with E-state index in [1.807, 2.05) is 0 Å². The maximum atomic E-state index is 12.7. The molecule has 0 radical (unpaired) electrons. The molecule has 0 aliphatic rings. The summed E-state index contributed by atoms with van der Waals surface area (Å²) in [7, 11) is 1.18. The Morgan fingerprint density at radius 3 is 2.69 bits per heavy atom. The van der Waals surface area contributed by atoms with Gasteiger partial charge in [-0.05, 0) is 0 Å². The fourth-order valence-electron chi connectivity index (χ4n) is 1.26. The number of hydrogen-bond donors (Lipinski definition) is 1. The lowest BCUT2D eigenvalue weighted by Crippen LogP contribution is -2.10. The molecule has 4 nitrogen and oxygen atoms in total. The van der Waals surface area contributed by atoms with Gasteiger partial charge in [0.05, 0.1) is 30.4 Å². The largest absolute Gasteiger partial charge is 0.494 e. The molecule has 0 aliphatic carbocycles. The Balaban J connectivity index is 3.53. The number of rotatable bonds is 4. The van der Waals surface area contributed by atoms with Crippen molar-refractivity contribution in [1.29, 1.82) is 0 Å². The highest BCUT2D eigenvalue weighted by Crippen LogP contribution is 2.32. The minimum atomic E-state index is -2.97. The average molecular weight is 252 g/mol. The Labute approximate surface area is 94.8 Å². The van der Waals surface area contributed by atoms with Crippen LogP contribution in [0.25, 0.3) is 0 Å². The van der Waals surface area contributed by atoms with Crippen LogP contribution in [0, 0.1) is 0 Å². The van der Waals surface area contributed by atoms with E-state index in [0.717, 1.165) is 6.20 Å². The van der Waals surface area contributed by atoms with Crippen LogP contribution in [-0.4, -0.2) is 23.2 Å². The summed E-state index contributed by atoms with van der Waals surface area (Å²) in [5, 5.41) is 8.86. The Bertz CT molecular complexity index is 412. The van der Waals surface area contributed by atoms with Crippen LogP contribution in [0.3, 0.4) is 0 Å². The van der Waals surface area contributed by atoms with Gasteiger partial charge in [0, 0.05) is 0 Å². The second kappa shape index (κ2) is 5.07. The Morgan fingerprint density at radius 2 is 2.31 bits per heavy atom. The third kappa shape index (κ3) is 2.21. The van der Waals surface area contributed by atoms with Crippen LogP contribution in [-0.2, 0) is 5.88 Å². The Morgan fingerprint density at radius 1 is 1.69 bits per heavy atom. The van der Waals surface area contributed by atoms with Crippen LogP contribution >= 0.6 is 11.6 Å². The van der Waals surface area contributed by atoms with Gasteiger partial charge in [0.2, 0.25) is 0 Å². The van der Waals surface area contributed by atoms with Gasteiger partial charge in [-0.3, -0.25) is 4.98 Å². The zero-order chi connectivity index (χ0) is 12.3. The van der Waals surface area contributed by atoms with Crippen LogP contribution in [0.4, 0.5) is 8.78 Å². The molecule has 16 heavy (non-hydrogen) atoms. The molecule has 0 spiro atoms. The van der Waals surface area contributed by atoms with E-state index < -0.39 is 23.5 Å². The van der Waals surface area contributed by atoms with Gasteiger partial charge in [-0.15, -0.1) is 11.6 Å². The number of ether oxygens (including phenoxy) is 1. The van der Waals surface area contributed by atoms with Crippen molar-refractivity contribution in [2.75, 3.05) is 7.11 Å². The Hall–Kier alpha value is -1.43. The number of carboxylic acids is 1. The molecule has 1 aromatic heterocycles. The van der Waals surface area contributed by atoms with E-state index in [2.05, 4.69) is 9.72 Å². The van der Waals surface area contributed by atoms with E-state index in [1.165, 1.54) is 7.11 Å². The van der Waals surface area contributed by atoms with E-state index in [4.69, 9.17) is 16.7 Å². The maximum absolute atomic E-state index is 12.7. The lowest BCUT2D eigenvalue weighted by Gasteiger charge is -2.12. The lowest BCUT2D eigenvalue weighted by atomic mass is 10.1. The highest BCUT2D eigenvalue weighted by molar-refractivity contribution is 6.17. The molecule has 1 N–H and O–H groups in total. The van der Waals surface area contributed by atoms with Crippen LogP contribution in [0.1, 0.15) is 28.0 Å². The third-order valence-electron chi connectivity index (χ3n) is 1.94. The first kappa shape index (κ1) is 12.6. The summed E-state index contributed by atoms with van der Waals surface area (Å²) in [5.74, 6) is -2.00. The quantitative estimate of drug-likeness (QED) is 0.835. The third-order valence-corrected chi connectivity index (χ3v) is 2.20. The second-order valence-electron chi connectivity index (χ2n) is 2.80. The van der Waals surface area contributed by atoms with Gasteiger partial charge < -0.3 is 9.84 Å². The van der Waals surface area contributed by atoms with Crippen molar-refractivity contribution < 1.29 is 23.4 Å². The number of methoxy groups -OCH3 is 1. The lowest BCUT2D eigenvalue weighted by molar-refractivity contribution is 0.0679. The first-order valence-corrected chi connectivity index (χ1v) is 4.69. The number of carboxylic acid groups (broad SMARTS) is 1. The van der Waals surface area contributed by atoms with Crippen molar-refractivity contribution in [3.63, 3.8) is 0 Å². The van der Waals surface area contributed by atoms with Crippen LogP contribution in [0.2, 0.25) is 0 Å². The van der Waals surface area contributed by atoms with Gasteiger partial charge in [-0.25, -0.2) is 13.6 Å². The van der Waals surface area contributed by atoms with Crippen molar-refractivity contribution in [2.24, 2.45) is 0 Å². The number of hydrogen-bond acceptors (Lipinski definition) is 3. The number of aromatic carboxylic acids is 1. The molecule has 0 fully saturated rings. The predicted molar refractivity (Wildman–Crippen MR) is 52.3 cm³/mol. The fourth-order valence-corrected chi connectivity index (χ4v) is 1.48. The van der Waals surface area contributed by atoms with Crippen molar-refractivity contribution in [1.82, 2.24) is 4.98 Å². The molecule has 0 amide bonds. The standard InChI is InChI=1S/C9H8ClF2NO3/c1-16-5-3-13-4(2-10)6(8(11)12)7(5)9(14)15/h3,8H,2H2,1H3,(H,14,15). The Kier molecular flexibility index (Phi) is 4.00. The van der Waals surface area contributed by atoms with Gasteiger partial charge in [0.15, 0.2) is 5.75 Å². The smallest absolute Gasteiger partial charge is 0.340 e. The van der Waals surface area contributed by atoms with E-state index in [-0.39, 0.29) is 17.3 Å². The van der Waals surface area contributed by atoms with E-state index in [0.29, 0.717) is 0 Å². The van der Waals surface area contributed by atoms with Crippen LogP contribution in [0.5, 0.6) is 5.75 Å². The first-order chi connectivity index (χ1) is 7.52. The van der Waals surface area contributed by atoms with Gasteiger partial charge in [-0.2, -0.15) is 0 Å². The van der Waals surface area contributed by atoms with Crippen molar-refractivity contribution in [3.8, 4) is 5.75 Å². The molecular formula is C9H8ClF2NO3. The number of halogens is 3. The van der Waals surface area contributed by atoms with Crippen LogP contribution < -0.4 is 4.74 Å². The number of aromatic nitrogens is 1. The normalized spacial score (nSPS) is 10.6. The van der Waals surface area contributed by atoms with Crippen molar-refractivity contribution in [2.45, 2.75) is 12.3 Å². The average Bonchev–Trinajstić information content (AvgIpc) is 2.26. The summed E-state index contributed by atoms with van der Waals surface area (Å²) in [6, 6.07) is 0. The molecule has 0 saturated carbocycles. The molecular weight excluding hydrogens is 244 g/mol. The van der Waals surface area contributed by atoms with E-state index in [1.54, 1.807) is 0 Å². The number of pyridine rings is 1. The molecule has 7 heteroatoms. The molecule has 0 aliphatic heterocycles. The highest BCUT2D eigenvalue weighted by Gasteiger charge is 2.26. The number of nitrogens with zero attached hydrogens (tertiary/aromatic N) is 1. The zero-order valence-electron chi connectivity index (χ0n) is 8.21. The maximum Gasteiger partial charge on any atom is 0.340 e. The van der Waals surface area contributed by atoms with Gasteiger partial charge in [-0.1, -0.05) is 0 Å². The van der Waals surface area contributed by atoms with Crippen molar-refractivity contribution >= 4 is 17.6 Å². The molecule has 1 aromatic rings. The molecule has 1 rings (SSSR count). The van der Waals surface area contributed by atoms with E-state index >= 15 is 0 Å². The topological polar surface area (TPSA) is 59.4 Å². The highest BCUT2D eigenvalue weighted by atomic mass is 35.5. The monoisotopic (exact) mass is 251 g/mol.